The standard InChI is InChI=1S/C18H15Cl2FO4/c1-23-16-6-10(7-17(24-2)18(16)25-3)4-5-15(22)11-8-14(21)13(20)9-12(11)19/h4-9H,1-3H3. The molecule has 0 saturated heterocycles. The minimum atomic E-state index is -0.712. The first kappa shape index (κ1) is 19.1. The van der Waals surface area contributed by atoms with Gasteiger partial charge < -0.3 is 14.2 Å². The fourth-order valence-corrected chi connectivity index (χ4v) is 2.65. The van der Waals surface area contributed by atoms with E-state index in [1.165, 1.54) is 39.5 Å². The zero-order valence-corrected chi connectivity index (χ0v) is 15.2. The first-order valence-electron chi connectivity index (χ1n) is 7.08. The van der Waals surface area contributed by atoms with E-state index in [0.717, 1.165) is 6.07 Å². The maximum absolute atomic E-state index is 13.5. The molecule has 2 aromatic rings. The van der Waals surface area contributed by atoms with Crippen molar-refractivity contribution < 1.29 is 23.4 Å². The van der Waals surface area contributed by atoms with Crippen molar-refractivity contribution in [3.05, 3.63) is 57.3 Å². The molecule has 0 amide bonds. The van der Waals surface area contributed by atoms with Gasteiger partial charge in [-0.1, -0.05) is 29.3 Å². The zero-order valence-electron chi connectivity index (χ0n) is 13.7. The Hall–Kier alpha value is -2.24. The Morgan fingerprint density at radius 1 is 0.960 bits per heavy atom. The van der Waals surface area contributed by atoms with Crippen LogP contribution in [0.15, 0.2) is 30.3 Å². The Balaban J connectivity index is 2.36. The Kier molecular flexibility index (Phi) is 6.28. The number of carbonyl (C=O) groups excluding carboxylic acids is 1. The van der Waals surface area contributed by atoms with Crippen LogP contribution in [-0.2, 0) is 0 Å². The molecule has 0 spiro atoms. The topological polar surface area (TPSA) is 44.8 Å². The Bertz CT molecular complexity index is 809. The number of allylic oxidation sites excluding steroid dienone is 1. The lowest BCUT2D eigenvalue weighted by molar-refractivity contribution is 0.104. The molecule has 0 atom stereocenters. The van der Waals surface area contributed by atoms with Crippen LogP contribution in [0.4, 0.5) is 4.39 Å². The fraction of sp³-hybridized carbons (Fsp3) is 0.167. The number of benzene rings is 2. The van der Waals surface area contributed by atoms with Crippen LogP contribution in [0.2, 0.25) is 10.0 Å². The van der Waals surface area contributed by atoms with Crippen molar-refractivity contribution in [3.8, 4) is 17.2 Å². The molecular weight excluding hydrogens is 370 g/mol. The first-order valence-corrected chi connectivity index (χ1v) is 7.83. The predicted octanol–water partition coefficient (Wildman–Crippen LogP) is 5.05. The highest BCUT2D eigenvalue weighted by Gasteiger charge is 2.14. The third-order valence-corrected chi connectivity index (χ3v) is 3.99. The molecule has 4 nitrogen and oxygen atoms in total. The van der Waals surface area contributed by atoms with E-state index in [0.29, 0.717) is 22.8 Å². The van der Waals surface area contributed by atoms with Crippen LogP contribution in [-0.4, -0.2) is 27.1 Å². The van der Waals surface area contributed by atoms with E-state index in [4.69, 9.17) is 37.4 Å². The van der Waals surface area contributed by atoms with E-state index in [1.54, 1.807) is 12.1 Å². The second-order valence-electron chi connectivity index (χ2n) is 4.90. The number of carbonyl (C=O) groups is 1. The molecule has 25 heavy (non-hydrogen) atoms. The summed E-state index contributed by atoms with van der Waals surface area (Å²) in [4.78, 5) is 12.3. The quantitative estimate of drug-likeness (QED) is 0.396. The van der Waals surface area contributed by atoms with Gasteiger partial charge in [-0.15, -0.1) is 0 Å². The van der Waals surface area contributed by atoms with Crippen LogP contribution in [0.1, 0.15) is 15.9 Å². The summed E-state index contributed by atoms with van der Waals surface area (Å²) in [6, 6.07) is 5.55. The van der Waals surface area contributed by atoms with Crippen LogP contribution >= 0.6 is 23.2 Å². The molecule has 0 unspecified atom stereocenters. The molecule has 0 heterocycles. The summed E-state index contributed by atoms with van der Waals surface area (Å²) < 4.78 is 29.3. The van der Waals surface area contributed by atoms with Crippen molar-refractivity contribution in [2.75, 3.05) is 21.3 Å². The monoisotopic (exact) mass is 384 g/mol. The van der Waals surface area contributed by atoms with Crippen molar-refractivity contribution in [1.29, 1.82) is 0 Å². The lowest BCUT2D eigenvalue weighted by atomic mass is 10.1. The van der Waals surface area contributed by atoms with E-state index < -0.39 is 11.6 Å². The summed E-state index contributed by atoms with van der Waals surface area (Å²) in [6.07, 6.45) is 2.81. The van der Waals surface area contributed by atoms with E-state index in [2.05, 4.69) is 0 Å². The summed E-state index contributed by atoms with van der Waals surface area (Å²) in [5.74, 6) is 0.162. The molecule has 2 rings (SSSR count). The van der Waals surface area contributed by atoms with E-state index in [1.807, 2.05) is 0 Å². The van der Waals surface area contributed by atoms with Crippen molar-refractivity contribution in [1.82, 2.24) is 0 Å². The average molecular weight is 385 g/mol. The third kappa shape index (κ3) is 4.24. The van der Waals surface area contributed by atoms with Crippen molar-refractivity contribution in [3.63, 3.8) is 0 Å². The van der Waals surface area contributed by atoms with Gasteiger partial charge in [-0.25, -0.2) is 4.39 Å². The molecule has 0 N–H and O–H groups in total. The number of hydrogen-bond acceptors (Lipinski definition) is 4. The largest absolute Gasteiger partial charge is 0.493 e. The highest BCUT2D eigenvalue weighted by atomic mass is 35.5. The predicted molar refractivity (Wildman–Crippen MR) is 95.9 cm³/mol. The Morgan fingerprint density at radius 3 is 2.08 bits per heavy atom. The van der Waals surface area contributed by atoms with Gasteiger partial charge in [-0.2, -0.15) is 0 Å². The van der Waals surface area contributed by atoms with E-state index in [9.17, 15) is 9.18 Å². The van der Waals surface area contributed by atoms with Crippen LogP contribution < -0.4 is 14.2 Å². The second kappa shape index (κ2) is 8.23. The number of halogens is 3. The smallest absolute Gasteiger partial charge is 0.203 e. The maximum Gasteiger partial charge on any atom is 0.203 e. The van der Waals surface area contributed by atoms with Crippen molar-refractivity contribution >= 4 is 35.1 Å². The van der Waals surface area contributed by atoms with Crippen molar-refractivity contribution in [2.45, 2.75) is 0 Å². The molecule has 0 radical (unpaired) electrons. The molecule has 132 valence electrons. The SMILES string of the molecule is COc1cc(C=CC(=O)c2cc(F)c(Cl)cc2Cl)cc(OC)c1OC. The van der Waals surface area contributed by atoms with Gasteiger partial charge in [0.05, 0.1) is 31.4 Å². The fourth-order valence-electron chi connectivity index (χ4n) is 2.17. The van der Waals surface area contributed by atoms with Gasteiger partial charge in [0.25, 0.3) is 0 Å². The molecule has 0 aromatic heterocycles. The zero-order chi connectivity index (χ0) is 18.6. The molecule has 0 bridgehead atoms. The van der Waals surface area contributed by atoms with Gasteiger partial charge in [-0.3, -0.25) is 4.79 Å². The summed E-state index contributed by atoms with van der Waals surface area (Å²) in [6.45, 7) is 0. The van der Waals surface area contributed by atoms with Gasteiger partial charge in [0.2, 0.25) is 5.75 Å². The molecule has 2 aromatic carbocycles. The maximum atomic E-state index is 13.5. The van der Waals surface area contributed by atoms with Gasteiger partial charge in [0, 0.05) is 5.56 Å². The highest BCUT2D eigenvalue weighted by molar-refractivity contribution is 6.37. The second-order valence-corrected chi connectivity index (χ2v) is 5.72. The van der Waals surface area contributed by atoms with Gasteiger partial charge in [-0.05, 0) is 35.9 Å². The molecular formula is C18H15Cl2FO4. The number of ketones is 1. The van der Waals surface area contributed by atoms with Gasteiger partial charge in [0.15, 0.2) is 17.3 Å². The lowest BCUT2D eigenvalue weighted by Gasteiger charge is -2.12. The summed E-state index contributed by atoms with van der Waals surface area (Å²) >= 11 is 11.6. The summed E-state index contributed by atoms with van der Waals surface area (Å²) in [5.41, 5.74) is 0.653. The minimum Gasteiger partial charge on any atom is -0.493 e. The lowest BCUT2D eigenvalue weighted by Crippen LogP contribution is -1.98. The number of hydrogen-bond donors (Lipinski definition) is 0. The summed E-state index contributed by atoms with van der Waals surface area (Å²) in [5, 5.41) is -0.0684. The first-order chi connectivity index (χ1) is 11.9. The van der Waals surface area contributed by atoms with Crippen LogP contribution in [0.5, 0.6) is 17.2 Å². The summed E-state index contributed by atoms with van der Waals surface area (Å²) in [7, 11) is 4.48. The Morgan fingerprint density at radius 2 is 1.56 bits per heavy atom. The molecule has 0 aliphatic rings. The van der Waals surface area contributed by atoms with Crippen LogP contribution in [0.25, 0.3) is 6.08 Å². The normalized spacial score (nSPS) is 10.8. The van der Waals surface area contributed by atoms with Gasteiger partial charge >= 0.3 is 0 Å². The van der Waals surface area contributed by atoms with Gasteiger partial charge in [0.1, 0.15) is 5.82 Å². The number of rotatable bonds is 6. The molecule has 0 saturated carbocycles. The minimum absolute atomic E-state index is 0.0206. The average Bonchev–Trinajstić information content (AvgIpc) is 2.61. The highest BCUT2D eigenvalue weighted by Crippen LogP contribution is 2.38. The van der Waals surface area contributed by atoms with Crippen LogP contribution in [0, 0.1) is 5.82 Å². The Labute approximate surface area is 154 Å². The van der Waals surface area contributed by atoms with E-state index >= 15 is 0 Å². The van der Waals surface area contributed by atoms with Crippen LogP contribution in [0.3, 0.4) is 0 Å². The van der Waals surface area contributed by atoms with E-state index in [-0.39, 0.29) is 15.6 Å². The molecule has 7 heteroatoms. The molecule has 0 aliphatic carbocycles. The number of ether oxygens (including phenoxy) is 3. The number of methoxy groups -OCH3 is 3. The third-order valence-electron chi connectivity index (χ3n) is 3.39. The molecule has 0 fully saturated rings. The van der Waals surface area contributed by atoms with Crippen molar-refractivity contribution in [2.24, 2.45) is 0 Å². The molecule has 0 aliphatic heterocycles.